The van der Waals surface area contributed by atoms with Crippen molar-refractivity contribution in [1.29, 1.82) is 0 Å². The molecule has 0 saturated carbocycles. The highest BCUT2D eigenvalue weighted by atomic mass is 35.5. The second-order valence-electron chi connectivity index (χ2n) is 4.66. The number of hydrogen-bond acceptors (Lipinski definition) is 4. The first-order chi connectivity index (χ1) is 9.75. The number of imidazole rings is 1. The first-order valence-electron chi connectivity index (χ1n) is 6.52. The predicted molar refractivity (Wildman–Crippen MR) is 87.1 cm³/mol. The molecule has 1 amide bonds. The SMILES string of the molecule is Cl.O=C(NCCn1c(=O)[nH]c2ccccc21)C1CSCN1. The summed E-state index contributed by atoms with van der Waals surface area (Å²) in [6.45, 7) is 0.915. The third-order valence-corrected chi connectivity index (χ3v) is 4.29. The number of para-hydroxylation sites is 2. The highest BCUT2D eigenvalue weighted by Crippen LogP contribution is 2.10. The van der Waals surface area contributed by atoms with Crippen LogP contribution in [-0.2, 0) is 11.3 Å². The van der Waals surface area contributed by atoms with Crippen LogP contribution in [-0.4, -0.2) is 39.7 Å². The number of H-pyrrole nitrogens is 1. The highest BCUT2D eigenvalue weighted by Gasteiger charge is 2.21. The quantitative estimate of drug-likeness (QED) is 0.765. The lowest BCUT2D eigenvalue weighted by Crippen LogP contribution is -2.43. The van der Waals surface area contributed by atoms with Gasteiger partial charge in [-0.25, -0.2) is 4.79 Å². The minimum Gasteiger partial charge on any atom is -0.353 e. The largest absolute Gasteiger partial charge is 0.353 e. The summed E-state index contributed by atoms with van der Waals surface area (Å²) in [6.07, 6.45) is 0. The molecular weight excluding hydrogens is 312 g/mol. The van der Waals surface area contributed by atoms with Gasteiger partial charge in [-0.3, -0.25) is 14.7 Å². The number of halogens is 1. The van der Waals surface area contributed by atoms with E-state index in [1.54, 1.807) is 16.3 Å². The van der Waals surface area contributed by atoms with E-state index in [0.29, 0.717) is 13.1 Å². The van der Waals surface area contributed by atoms with Crippen molar-refractivity contribution in [3.8, 4) is 0 Å². The smallest absolute Gasteiger partial charge is 0.326 e. The van der Waals surface area contributed by atoms with E-state index in [1.165, 1.54) is 0 Å². The molecule has 1 fully saturated rings. The van der Waals surface area contributed by atoms with Gasteiger partial charge in [0.05, 0.1) is 17.1 Å². The Labute approximate surface area is 132 Å². The molecule has 0 aliphatic carbocycles. The Morgan fingerprint density at radius 1 is 1.43 bits per heavy atom. The molecule has 8 heteroatoms. The van der Waals surface area contributed by atoms with Crippen LogP contribution in [0.3, 0.4) is 0 Å². The third kappa shape index (κ3) is 3.42. The zero-order valence-corrected chi connectivity index (χ0v) is 12.9. The summed E-state index contributed by atoms with van der Waals surface area (Å²) in [4.78, 5) is 26.5. The average Bonchev–Trinajstić information content (AvgIpc) is 3.07. The van der Waals surface area contributed by atoms with Crippen molar-refractivity contribution in [2.45, 2.75) is 12.6 Å². The number of amides is 1. The molecular formula is C13H17ClN4O2S. The van der Waals surface area contributed by atoms with Crippen LogP contribution >= 0.6 is 24.2 Å². The lowest BCUT2D eigenvalue weighted by molar-refractivity contribution is -0.122. The number of fused-ring (bicyclic) bond motifs is 1. The maximum Gasteiger partial charge on any atom is 0.326 e. The Bertz CT molecular complexity index is 678. The molecule has 114 valence electrons. The number of aromatic amines is 1. The molecule has 1 aliphatic heterocycles. The lowest BCUT2D eigenvalue weighted by atomic mass is 10.3. The summed E-state index contributed by atoms with van der Waals surface area (Å²) in [6, 6.07) is 7.42. The van der Waals surface area contributed by atoms with Crippen LogP contribution in [0.25, 0.3) is 11.0 Å². The maximum atomic E-state index is 11.8. The fraction of sp³-hybridized carbons (Fsp3) is 0.385. The van der Waals surface area contributed by atoms with Crippen LogP contribution in [0.1, 0.15) is 0 Å². The molecule has 1 saturated heterocycles. The Hall–Kier alpha value is -1.44. The van der Waals surface area contributed by atoms with Crippen molar-refractivity contribution in [3.05, 3.63) is 34.7 Å². The fourth-order valence-corrected chi connectivity index (χ4v) is 3.25. The van der Waals surface area contributed by atoms with E-state index in [0.717, 1.165) is 22.7 Å². The van der Waals surface area contributed by atoms with Gasteiger partial charge in [0.2, 0.25) is 5.91 Å². The summed E-state index contributed by atoms with van der Waals surface area (Å²) >= 11 is 1.71. The number of rotatable bonds is 4. The first-order valence-corrected chi connectivity index (χ1v) is 7.67. The number of hydrogen-bond donors (Lipinski definition) is 3. The standard InChI is InChI=1S/C13H16N4O2S.ClH/c18-12(10-7-20-8-15-10)14-5-6-17-11-4-2-1-3-9(11)16-13(17)19;/h1-4,10,15H,5-8H2,(H,14,18)(H,16,19);1H. The van der Waals surface area contributed by atoms with Crippen molar-refractivity contribution >= 4 is 41.1 Å². The van der Waals surface area contributed by atoms with E-state index in [4.69, 9.17) is 0 Å². The first kappa shape index (κ1) is 15.9. The molecule has 21 heavy (non-hydrogen) atoms. The summed E-state index contributed by atoms with van der Waals surface area (Å²) in [5.74, 6) is 1.63. The van der Waals surface area contributed by atoms with Gasteiger partial charge < -0.3 is 10.3 Å². The van der Waals surface area contributed by atoms with Gasteiger partial charge in [-0.2, -0.15) is 0 Å². The summed E-state index contributed by atoms with van der Waals surface area (Å²) in [5.41, 5.74) is 1.54. The molecule has 3 rings (SSSR count). The fourth-order valence-electron chi connectivity index (χ4n) is 2.31. The van der Waals surface area contributed by atoms with Crippen LogP contribution in [0.2, 0.25) is 0 Å². The van der Waals surface area contributed by atoms with Crippen molar-refractivity contribution in [2.24, 2.45) is 0 Å². The van der Waals surface area contributed by atoms with Gasteiger partial charge >= 0.3 is 5.69 Å². The van der Waals surface area contributed by atoms with E-state index in [-0.39, 0.29) is 30.0 Å². The van der Waals surface area contributed by atoms with Crippen molar-refractivity contribution in [2.75, 3.05) is 18.2 Å². The van der Waals surface area contributed by atoms with Crippen molar-refractivity contribution in [3.63, 3.8) is 0 Å². The van der Waals surface area contributed by atoms with Crippen LogP contribution < -0.4 is 16.3 Å². The van der Waals surface area contributed by atoms with Gasteiger partial charge in [-0.05, 0) is 12.1 Å². The monoisotopic (exact) mass is 328 g/mol. The van der Waals surface area contributed by atoms with Gasteiger partial charge in [0.25, 0.3) is 0 Å². The van der Waals surface area contributed by atoms with Gasteiger partial charge in [0, 0.05) is 24.7 Å². The lowest BCUT2D eigenvalue weighted by Gasteiger charge is -2.10. The van der Waals surface area contributed by atoms with Gasteiger partial charge in [0.15, 0.2) is 0 Å². The number of nitrogens with zero attached hydrogens (tertiary/aromatic N) is 1. The normalized spacial score (nSPS) is 17.6. The molecule has 3 N–H and O–H groups in total. The third-order valence-electron chi connectivity index (χ3n) is 3.35. The van der Waals surface area contributed by atoms with Crippen LogP contribution in [0.4, 0.5) is 0 Å². The van der Waals surface area contributed by atoms with E-state index in [1.807, 2.05) is 24.3 Å². The number of benzene rings is 1. The predicted octanol–water partition coefficient (Wildman–Crippen LogP) is 0.530. The second-order valence-corrected chi connectivity index (χ2v) is 5.69. The molecule has 0 spiro atoms. The molecule has 0 bridgehead atoms. The van der Waals surface area contributed by atoms with Crippen molar-refractivity contribution in [1.82, 2.24) is 20.2 Å². The molecule has 0 radical (unpaired) electrons. The van der Waals surface area contributed by atoms with Crippen LogP contribution in [0.5, 0.6) is 0 Å². The zero-order chi connectivity index (χ0) is 13.9. The number of carbonyl (C=O) groups is 1. The summed E-state index contributed by atoms with van der Waals surface area (Å²) in [5, 5.41) is 5.98. The number of aromatic nitrogens is 2. The molecule has 6 nitrogen and oxygen atoms in total. The maximum absolute atomic E-state index is 11.8. The number of thioether (sulfide) groups is 1. The van der Waals surface area contributed by atoms with E-state index >= 15 is 0 Å². The van der Waals surface area contributed by atoms with E-state index < -0.39 is 0 Å². The molecule has 1 aromatic carbocycles. The van der Waals surface area contributed by atoms with Gasteiger partial charge in [0.1, 0.15) is 0 Å². The van der Waals surface area contributed by atoms with E-state index in [2.05, 4.69) is 15.6 Å². The number of nitrogens with one attached hydrogen (secondary N) is 3. The molecule has 1 aromatic heterocycles. The van der Waals surface area contributed by atoms with Crippen molar-refractivity contribution < 1.29 is 4.79 Å². The Morgan fingerprint density at radius 2 is 2.24 bits per heavy atom. The highest BCUT2D eigenvalue weighted by molar-refractivity contribution is 7.99. The molecule has 2 aromatic rings. The van der Waals surface area contributed by atoms with E-state index in [9.17, 15) is 9.59 Å². The van der Waals surface area contributed by atoms with Gasteiger partial charge in [-0.1, -0.05) is 12.1 Å². The number of carbonyl (C=O) groups excluding carboxylic acids is 1. The molecule has 1 aliphatic rings. The van der Waals surface area contributed by atoms with Crippen LogP contribution in [0.15, 0.2) is 29.1 Å². The topological polar surface area (TPSA) is 78.9 Å². The molecule has 2 heterocycles. The summed E-state index contributed by atoms with van der Waals surface area (Å²) in [7, 11) is 0. The Morgan fingerprint density at radius 3 is 3.00 bits per heavy atom. The molecule has 1 atom stereocenters. The van der Waals surface area contributed by atoms with Crippen LogP contribution in [0, 0.1) is 0 Å². The molecule has 1 unspecified atom stereocenters. The average molecular weight is 329 g/mol. The second kappa shape index (κ2) is 7.02. The minimum atomic E-state index is -0.144. The Balaban J connectivity index is 0.00000161. The van der Waals surface area contributed by atoms with Gasteiger partial charge in [-0.15, -0.1) is 24.2 Å². The minimum absolute atomic E-state index is 0. The zero-order valence-electron chi connectivity index (χ0n) is 11.3. The Kier molecular flexibility index (Phi) is 5.33. The summed E-state index contributed by atoms with van der Waals surface area (Å²) < 4.78 is 1.65.